The van der Waals surface area contributed by atoms with Crippen molar-refractivity contribution < 1.29 is 13.2 Å². The van der Waals surface area contributed by atoms with Gasteiger partial charge in [0.1, 0.15) is 0 Å². The minimum atomic E-state index is -4.20. The lowest BCUT2D eigenvalue weighted by atomic mass is 10.2. The molecule has 0 heterocycles. The van der Waals surface area contributed by atoms with Gasteiger partial charge in [-0.25, -0.2) is 0 Å². The Labute approximate surface area is 96.3 Å². The summed E-state index contributed by atoms with van der Waals surface area (Å²) in [6.07, 6.45) is -4.20. The van der Waals surface area contributed by atoms with Crippen LogP contribution in [0.4, 0.5) is 13.2 Å². The van der Waals surface area contributed by atoms with Crippen LogP contribution in [0, 0.1) is 0 Å². The van der Waals surface area contributed by atoms with Crippen molar-refractivity contribution in [3.63, 3.8) is 0 Å². The molecule has 0 bridgehead atoms. The Balaban J connectivity index is 0.000000423. The third-order valence-electron chi connectivity index (χ3n) is 1.38. The van der Waals surface area contributed by atoms with Crippen LogP contribution in [0.25, 0.3) is 0 Å². The molecule has 5 heteroatoms. The maximum atomic E-state index is 11.9. The van der Waals surface area contributed by atoms with Gasteiger partial charge in [-0.15, -0.1) is 4.43 Å². The Hall–Kier alpha value is -0.498. The molecule has 1 rings (SSSR count). The van der Waals surface area contributed by atoms with Gasteiger partial charge in [0.05, 0.1) is 5.56 Å². The van der Waals surface area contributed by atoms with Crippen molar-refractivity contribution in [2.45, 2.75) is 6.18 Å². The summed E-state index contributed by atoms with van der Waals surface area (Å²) in [6, 6.07) is 5.24. The van der Waals surface area contributed by atoms with E-state index in [1.165, 1.54) is 12.1 Å². The highest BCUT2D eigenvalue weighted by atomic mass is 27.0. The largest absolute Gasteiger partial charge is 0.416 e. The fourth-order valence-electron chi connectivity index (χ4n) is 0.743. The standard InChI is InChI=1S/C7H4F3.C3H9N.Al.2H/c8-7(9,10)6-4-2-1-3-5-6;1-4(2)3;;;/h2-5H;1-3H3;;;. The van der Waals surface area contributed by atoms with Crippen LogP contribution in [0.3, 0.4) is 0 Å². The normalized spacial score (nSPS) is 10.9. The average Bonchev–Trinajstić information content (AvgIpc) is 2.01. The van der Waals surface area contributed by atoms with Gasteiger partial charge in [-0.2, -0.15) is 13.2 Å². The minimum Gasteiger partial charge on any atom is -0.312 e. The van der Waals surface area contributed by atoms with E-state index in [0.717, 1.165) is 32.8 Å². The number of hydrogen-bond donors (Lipinski definition) is 0. The summed E-state index contributed by atoms with van der Waals surface area (Å²) in [5.74, 6) is 0. The smallest absolute Gasteiger partial charge is 0.312 e. The van der Waals surface area contributed by atoms with Crippen LogP contribution in [0.1, 0.15) is 5.56 Å². The number of benzene rings is 1. The van der Waals surface area contributed by atoms with Crippen molar-refractivity contribution in [2.75, 3.05) is 21.1 Å². The van der Waals surface area contributed by atoms with Gasteiger partial charge >= 0.3 is 6.18 Å². The molecular formula is C10H15AlF3N. The molecule has 0 aliphatic rings. The lowest BCUT2D eigenvalue weighted by Crippen LogP contribution is -2.08. The van der Waals surface area contributed by atoms with Gasteiger partial charge in [-0.05, 0) is 21.1 Å². The summed E-state index contributed by atoms with van der Waals surface area (Å²) in [6.45, 7) is 0. The second kappa shape index (κ2) is 6.17. The number of rotatable bonds is 0. The zero-order chi connectivity index (χ0) is 12.1. The molecule has 0 saturated carbocycles. The second-order valence-corrected chi connectivity index (χ2v) is 4.86. The number of alkyl halides is 3. The highest BCUT2D eigenvalue weighted by Crippen LogP contribution is 2.27. The predicted octanol–water partition coefficient (Wildman–Crippen LogP) is 1.14. The van der Waals surface area contributed by atoms with Gasteiger partial charge in [0.25, 0.3) is 16.3 Å². The first-order chi connectivity index (χ1) is 6.73. The summed E-state index contributed by atoms with van der Waals surface area (Å²) in [5, 5.41) is 0. The van der Waals surface area contributed by atoms with E-state index in [2.05, 4.69) is 0 Å². The third kappa shape index (κ3) is 7.43. The van der Waals surface area contributed by atoms with Gasteiger partial charge in [-0.1, -0.05) is 24.3 Å². The molecule has 0 aliphatic heterocycles. The summed E-state index contributed by atoms with van der Waals surface area (Å²) in [4.78, 5) is 2.00. The molecule has 0 atom stereocenters. The van der Waals surface area contributed by atoms with E-state index in [9.17, 15) is 13.2 Å². The number of hydrogen-bond acceptors (Lipinski definition) is 1. The molecule has 15 heavy (non-hydrogen) atoms. The van der Waals surface area contributed by atoms with Crippen molar-refractivity contribution in [1.29, 1.82) is 0 Å². The van der Waals surface area contributed by atoms with E-state index in [1.807, 2.05) is 26.0 Å². The fourth-order valence-corrected chi connectivity index (χ4v) is 1.08. The Morgan fingerprint density at radius 1 is 1.00 bits per heavy atom. The van der Waals surface area contributed by atoms with Crippen LogP contribution in [-0.2, 0) is 6.18 Å². The van der Waals surface area contributed by atoms with E-state index in [-0.39, 0.29) is 0 Å². The monoisotopic (exact) mass is 233 g/mol. The Morgan fingerprint density at radius 2 is 1.33 bits per heavy atom. The summed E-state index contributed by atoms with van der Waals surface area (Å²) < 4.78 is 36.8. The van der Waals surface area contributed by atoms with Crippen LogP contribution in [0.2, 0.25) is 0 Å². The first-order valence-corrected chi connectivity index (χ1v) is 5.48. The van der Waals surface area contributed by atoms with Gasteiger partial charge in [0.2, 0.25) is 0 Å². The van der Waals surface area contributed by atoms with Crippen LogP contribution >= 0.6 is 0 Å². The van der Waals surface area contributed by atoms with Crippen LogP contribution in [0.15, 0.2) is 24.3 Å². The van der Waals surface area contributed by atoms with E-state index in [4.69, 9.17) is 0 Å². The van der Waals surface area contributed by atoms with Gasteiger partial charge in [0.15, 0.2) is 0 Å². The fraction of sp³-hybridized carbons (Fsp3) is 0.400. The lowest BCUT2D eigenvalue weighted by Gasteiger charge is -2.05. The van der Waals surface area contributed by atoms with Crippen molar-refractivity contribution in [3.8, 4) is 0 Å². The highest BCUT2D eigenvalue weighted by Gasteiger charge is 2.29. The van der Waals surface area contributed by atoms with Crippen molar-refractivity contribution in [1.82, 2.24) is 4.90 Å². The maximum Gasteiger partial charge on any atom is 0.416 e. The minimum absolute atomic E-state index is 0.572. The SMILES string of the molecule is CN(C)C.FC(F)(F)c1cc[c]([AlH2])cc1. The first-order valence-electron chi connectivity index (χ1n) is 4.48. The Kier molecular flexibility index (Phi) is 5.96. The zero-order valence-corrected chi connectivity index (χ0v) is 11.4. The molecule has 0 fully saturated rings. The molecule has 0 aromatic heterocycles. The molecule has 0 saturated heterocycles. The molecule has 84 valence electrons. The summed E-state index contributed by atoms with van der Waals surface area (Å²) >= 11 is 0.791. The third-order valence-corrected chi connectivity index (χ3v) is 2.05. The molecular weight excluding hydrogens is 218 g/mol. The second-order valence-electron chi connectivity index (χ2n) is 3.71. The van der Waals surface area contributed by atoms with E-state index < -0.39 is 11.7 Å². The molecule has 0 N–H and O–H groups in total. The average molecular weight is 233 g/mol. The van der Waals surface area contributed by atoms with E-state index in [0.29, 0.717) is 0 Å². The van der Waals surface area contributed by atoms with E-state index in [1.54, 1.807) is 0 Å². The first kappa shape index (κ1) is 14.5. The lowest BCUT2D eigenvalue weighted by molar-refractivity contribution is -0.137. The predicted molar refractivity (Wildman–Crippen MR) is 59.2 cm³/mol. The van der Waals surface area contributed by atoms with E-state index >= 15 is 0 Å². The number of halogens is 3. The molecule has 0 aliphatic carbocycles. The molecule has 0 spiro atoms. The molecule has 1 aromatic rings. The van der Waals surface area contributed by atoms with Gasteiger partial charge in [0, 0.05) is 0 Å². The molecule has 1 aromatic carbocycles. The van der Waals surface area contributed by atoms with Crippen LogP contribution < -0.4 is 4.43 Å². The molecule has 0 unspecified atom stereocenters. The van der Waals surface area contributed by atoms with Gasteiger partial charge < -0.3 is 4.90 Å². The van der Waals surface area contributed by atoms with Crippen molar-refractivity contribution in [2.24, 2.45) is 0 Å². The highest BCUT2D eigenvalue weighted by molar-refractivity contribution is 6.32. The zero-order valence-electron chi connectivity index (χ0n) is 9.39. The quantitative estimate of drug-likeness (QED) is 0.607. The summed E-state index contributed by atoms with van der Waals surface area (Å²) in [5.41, 5.74) is -0.572. The molecule has 0 amide bonds. The van der Waals surface area contributed by atoms with Crippen molar-refractivity contribution >= 4 is 20.7 Å². The topological polar surface area (TPSA) is 3.24 Å². The molecule has 1 nitrogen and oxygen atoms in total. The Bertz CT molecular complexity index is 277. The van der Waals surface area contributed by atoms with Crippen LogP contribution in [-0.4, -0.2) is 42.3 Å². The van der Waals surface area contributed by atoms with Crippen molar-refractivity contribution in [3.05, 3.63) is 29.8 Å². The molecule has 0 radical (unpaired) electrons. The maximum absolute atomic E-state index is 11.9. The van der Waals surface area contributed by atoms with Crippen LogP contribution in [0.5, 0.6) is 0 Å². The van der Waals surface area contributed by atoms with Gasteiger partial charge in [-0.3, -0.25) is 0 Å². The number of nitrogens with zero attached hydrogens (tertiary/aromatic N) is 1. The Morgan fingerprint density at radius 3 is 1.60 bits per heavy atom. The summed E-state index contributed by atoms with van der Waals surface area (Å²) in [7, 11) is 6.00.